The van der Waals surface area contributed by atoms with Crippen molar-refractivity contribution in [1.82, 2.24) is 5.32 Å². The minimum Gasteiger partial charge on any atom is -0.497 e. The van der Waals surface area contributed by atoms with Crippen LogP contribution in [0, 0.1) is 0 Å². The van der Waals surface area contributed by atoms with Gasteiger partial charge in [-0.05, 0) is 47.1 Å². The van der Waals surface area contributed by atoms with Crippen LogP contribution in [0.1, 0.15) is 28.2 Å². The third-order valence-electron chi connectivity index (χ3n) is 3.04. The van der Waals surface area contributed by atoms with Crippen molar-refractivity contribution in [2.45, 2.75) is 13.0 Å². The number of nitrogens with one attached hydrogen (secondary N) is 1. The smallest absolute Gasteiger partial charge is 0.261 e. The lowest BCUT2D eigenvalue weighted by Crippen LogP contribution is -2.26. The van der Waals surface area contributed by atoms with E-state index in [9.17, 15) is 4.79 Å². The maximum absolute atomic E-state index is 12.2. The minimum absolute atomic E-state index is 0.108. The number of methoxy groups -OCH3 is 2. The van der Waals surface area contributed by atoms with Crippen LogP contribution in [0.5, 0.6) is 11.5 Å². The highest BCUT2D eigenvalue weighted by Gasteiger charge is 2.17. The van der Waals surface area contributed by atoms with Crippen molar-refractivity contribution in [3.8, 4) is 11.5 Å². The zero-order valence-corrected chi connectivity index (χ0v) is 14.4. The average Bonchev–Trinajstić information content (AvgIpc) is 2.93. The second-order valence-electron chi connectivity index (χ2n) is 4.43. The largest absolute Gasteiger partial charge is 0.497 e. The summed E-state index contributed by atoms with van der Waals surface area (Å²) >= 11 is 4.74. The van der Waals surface area contributed by atoms with E-state index in [1.54, 1.807) is 20.3 Å². The molecule has 1 atom stereocenters. The Kier molecular flexibility index (Phi) is 5.25. The van der Waals surface area contributed by atoms with Gasteiger partial charge in [-0.15, -0.1) is 11.3 Å². The first-order valence-electron chi connectivity index (χ1n) is 6.32. The molecule has 0 radical (unpaired) electrons. The monoisotopic (exact) mass is 369 g/mol. The second-order valence-corrected chi connectivity index (χ2v) is 6.26. The molecule has 4 nitrogen and oxygen atoms in total. The van der Waals surface area contributed by atoms with E-state index in [1.807, 2.05) is 30.5 Å². The van der Waals surface area contributed by atoms with Crippen molar-refractivity contribution in [3.05, 3.63) is 44.6 Å². The average molecular weight is 370 g/mol. The second kappa shape index (κ2) is 6.95. The molecule has 2 rings (SSSR count). The molecule has 0 aliphatic rings. The van der Waals surface area contributed by atoms with E-state index < -0.39 is 0 Å². The summed E-state index contributed by atoms with van der Waals surface area (Å²) in [6, 6.07) is 7.14. The fourth-order valence-electron chi connectivity index (χ4n) is 1.96. The van der Waals surface area contributed by atoms with Gasteiger partial charge in [0.15, 0.2) is 0 Å². The molecule has 1 aromatic carbocycles. The Morgan fingerprint density at radius 2 is 2.05 bits per heavy atom. The highest BCUT2D eigenvalue weighted by molar-refractivity contribution is 9.10. The zero-order valence-electron chi connectivity index (χ0n) is 12.0. The molecular formula is C15H16BrNO3S. The summed E-state index contributed by atoms with van der Waals surface area (Å²) in [4.78, 5) is 12.9. The number of benzene rings is 1. The van der Waals surface area contributed by atoms with E-state index in [1.165, 1.54) is 11.3 Å². The molecule has 1 N–H and O–H groups in total. The van der Waals surface area contributed by atoms with Gasteiger partial charge in [0.2, 0.25) is 0 Å². The van der Waals surface area contributed by atoms with Gasteiger partial charge in [-0.2, -0.15) is 0 Å². The quantitative estimate of drug-likeness (QED) is 0.865. The third kappa shape index (κ3) is 3.77. The minimum atomic E-state index is -0.191. The van der Waals surface area contributed by atoms with Gasteiger partial charge in [0, 0.05) is 15.4 Å². The third-order valence-corrected chi connectivity index (χ3v) is 4.73. The lowest BCUT2D eigenvalue weighted by atomic mass is 10.1. The fourth-order valence-corrected chi connectivity index (χ4v) is 3.28. The molecule has 0 aliphatic carbocycles. The Balaban J connectivity index is 2.19. The lowest BCUT2D eigenvalue weighted by molar-refractivity contribution is 0.0943. The van der Waals surface area contributed by atoms with E-state index in [0.29, 0.717) is 4.88 Å². The van der Waals surface area contributed by atoms with Gasteiger partial charge in [0.1, 0.15) is 11.5 Å². The number of hydrogen-bond acceptors (Lipinski definition) is 4. The van der Waals surface area contributed by atoms with Crippen LogP contribution in [0.2, 0.25) is 0 Å². The topological polar surface area (TPSA) is 47.6 Å². The normalized spacial score (nSPS) is 11.8. The zero-order chi connectivity index (χ0) is 15.4. The molecule has 0 spiro atoms. The summed E-state index contributed by atoms with van der Waals surface area (Å²) < 4.78 is 11.5. The standard InChI is InChI=1S/C15H16BrNO3S/c1-9(17-15(18)14-6-10(16)8-21-14)12-7-11(19-2)4-5-13(12)20-3/h4-9H,1-3H3,(H,17,18). The van der Waals surface area contributed by atoms with Crippen LogP contribution in [-0.2, 0) is 0 Å². The molecule has 0 saturated heterocycles. The number of halogens is 1. The number of amides is 1. The molecule has 0 saturated carbocycles. The van der Waals surface area contributed by atoms with Gasteiger partial charge in [-0.3, -0.25) is 4.79 Å². The first kappa shape index (κ1) is 15.9. The number of hydrogen-bond donors (Lipinski definition) is 1. The van der Waals surface area contributed by atoms with Crippen molar-refractivity contribution in [2.24, 2.45) is 0 Å². The first-order valence-corrected chi connectivity index (χ1v) is 7.99. The van der Waals surface area contributed by atoms with Crippen molar-refractivity contribution in [2.75, 3.05) is 14.2 Å². The Morgan fingerprint density at radius 3 is 2.62 bits per heavy atom. The summed E-state index contributed by atoms with van der Waals surface area (Å²) in [5, 5.41) is 4.85. The maximum atomic E-state index is 12.2. The lowest BCUT2D eigenvalue weighted by Gasteiger charge is -2.18. The molecule has 0 bridgehead atoms. The molecule has 1 unspecified atom stereocenters. The number of rotatable bonds is 5. The Morgan fingerprint density at radius 1 is 1.29 bits per heavy atom. The van der Waals surface area contributed by atoms with E-state index in [0.717, 1.165) is 21.5 Å². The molecule has 6 heteroatoms. The van der Waals surface area contributed by atoms with Gasteiger partial charge in [-0.25, -0.2) is 0 Å². The van der Waals surface area contributed by atoms with Crippen LogP contribution in [0.3, 0.4) is 0 Å². The molecule has 112 valence electrons. The highest BCUT2D eigenvalue weighted by atomic mass is 79.9. The Hall–Kier alpha value is -1.53. The summed E-state index contributed by atoms with van der Waals surface area (Å²) in [7, 11) is 3.22. The van der Waals surface area contributed by atoms with Crippen LogP contribution in [-0.4, -0.2) is 20.1 Å². The van der Waals surface area contributed by atoms with Crippen LogP contribution >= 0.6 is 27.3 Å². The predicted molar refractivity (Wildman–Crippen MR) is 87.4 cm³/mol. The van der Waals surface area contributed by atoms with Crippen molar-refractivity contribution in [1.29, 1.82) is 0 Å². The van der Waals surface area contributed by atoms with E-state index in [2.05, 4.69) is 21.2 Å². The summed E-state index contributed by atoms with van der Waals surface area (Å²) in [5.41, 5.74) is 0.876. The summed E-state index contributed by atoms with van der Waals surface area (Å²) in [5.74, 6) is 1.34. The molecule has 1 amide bonds. The highest BCUT2D eigenvalue weighted by Crippen LogP contribution is 2.29. The van der Waals surface area contributed by atoms with Crippen LogP contribution in [0.4, 0.5) is 0 Å². The van der Waals surface area contributed by atoms with Gasteiger partial charge in [0.25, 0.3) is 5.91 Å². The van der Waals surface area contributed by atoms with Gasteiger partial charge < -0.3 is 14.8 Å². The van der Waals surface area contributed by atoms with Crippen LogP contribution in [0.15, 0.2) is 34.1 Å². The number of ether oxygens (including phenoxy) is 2. The molecule has 0 aliphatic heterocycles. The van der Waals surface area contributed by atoms with Crippen molar-refractivity contribution < 1.29 is 14.3 Å². The SMILES string of the molecule is COc1ccc(OC)c(C(C)NC(=O)c2cc(Br)cs2)c1. The first-order chi connectivity index (χ1) is 10.0. The summed E-state index contributed by atoms with van der Waals surface area (Å²) in [6.07, 6.45) is 0. The van der Waals surface area contributed by atoms with Crippen LogP contribution in [0.25, 0.3) is 0 Å². The van der Waals surface area contributed by atoms with Gasteiger partial charge >= 0.3 is 0 Å². The number of carbonyl (C=O) groups excluding carboxylic acids is 1. The Labute approximate surface area is 136 Å². The molecule has 2 aromatic rings. The molecular weight excluding hydrogens is 354 g/mol. The van der Waals surface area contributed by atoms with Gasteiger partial charge in [-0.1, -0.05) is 0 Å². The summed E-state index contributed by atoms with van der Waals surface area (Å²) in [6.45, 7) is 1.91. The van der Waals surface area contributed by atoms with E-state index >= 15 is 0 Å². The van der Waals surface area contributed by atoms with E-state index in [4.69, 9.17) is 9.47 Å². The predicted octanol–water partition coefficient (Wildman–Crippen LogP) is 4.02. The Bertz CT molecular complexity index is 642. The van der Waals surface area contributed by atoms with E-state index in [-0.39, 0.29) is 11.9 Å². The molecule has 0 fully saturated rings. The maximum Gasteiger partial charge on any atom is 0.261 e. The molecule has 1 heterocycles. The van der Waals surface area contributed by atoms with Crippen LogP contribution < -0.4 is 14.8 Å². The number of thiophene rings is 1. The molecule has 1 aromatic heterocycles. The van der Waals surface area contributed by atoms with Crippen molar-refractivity contribution >= 4 is 33.2 Å². The van der Waals surface area contributed by atoms with Gasteiger partial charge in [0.05, 0.1) is 25.1 Å². The fraction of sp³-hybridized carbons (Fsp3) is 0.267. The number of carbonyl (C=O) groups is 1. The molecule has 21 heavy (non-hydrogen) atoms. The van der Waals surface area contributed by atoms with Crippen molar-refractivity contribution in [3.63, 3.8) is 0 Å².